The zero-order valence-corrected chi connectivity index (χ0v) is 11.5. The number of imidazole rings is 1. The lowest BCUT2D eigenvalue weighted by molar-refractivity contribution is 0.108. The molecule has 1 aromatic carbocycles. The summed E-state index contributed by atoms with van der Waals surface area (Å²) < 4.78 is 7.63. The van der Waals surface area contributed by atoms with Crippen LogP contribution in [0.5, 0.6) is 0 Å². The van der Waals surface area contributed by atoms with E-state index in [1.807, 2.05) is 6.92 Å². The van der Waals surface area contributed by atoms with E-state index in [1.54, 1.807) is 7.11 Å². The number of ether oxygens (including phenoxy) is 1. The van der Waals surface area contributed by atoms with Gasteiger partial charge in [0.1, 0.15) is 11.9 Å². The fraction of sp³-hybridized carbons (Fsp3) is 0.500. The lowest BCUT2D eigenvalue weighted by Crippen LogP contribution is -2.10. The van der Waals surface area contributed by atoms with E-state index in [0.717, 1.165) is 22.4 Å². The summed E-state index contributed by atoms with van der Waals surface area (Å²) >= 11 is 0. The number of nitrogens with two attached hydrogens (primary N) is 1. The van der Waals surface area contributed by atoms with Crippen LogP contribution in [0.1, 0.15) is 44.3 Å². The molecule has 0 radical (unpaired) electrons. The monoisotopic (exact) mass is 247 g/mol. The topological polar surface area (TPSA) is 53.1 Å². The van der Waals surface area contributed by atoms with Gasteiger partial charge in [0.2, 0.25) is 0 Å². The van der Waals surface area contributed by atoms with Crippen molar-refractivity contribution in [3.63, 3.8) is 0 Å². The Balaban J connectivity index is 2.66. The minimum Gasteiger partial charge on any atom is -0.374 e. The number of benzene rings is 1. The van der Waals surface area contributed by atoms with Crippen molar-refractivity contribution < 1.29 is 4.74 Å². The third-order valence-electron chi connectivity index (χ3n) is 3.25. The van der Waals surface area contributed by atoms with E-state index in [9.17, 15) is 0 Å². The maximum Gasteiger partial charge on any atom is 0.139 e. The Morgan fingerprint density at radius 3 is 2.61 bits per heavy atom. The number of fused-ring (bicyclic) bond motifs is 1. The minimum atomic E-state index is -0.0128. The van der Waals surface area contributed by atoms with Crippen molar-refractivity contribution in [2.24, 2.45) is 5.73 Å². The molecule has 0 bridgehead atoms. The van der Waals surface area contributed by atoms with Gasteiger partial charge in [0.05, 0.1) is 11.0 Å². The van der Waals surface area contributed by atoms with Crippen molar-refractivity contribution in [3.05, 3.63) is 29.6 Å². The standard InChI is InChI=1S/C14H21N3O/c1-9(2)17-13-6-5-11(8-15)7-12(13)16-14(17)10(3)18-4/h5-7,9-10H,8,15H2,1-4H3. The van der Waals surface area contributed by atoms with Gasteiger partial charge >= 0.3 is 0 Å². The van der Waals surface area contributed by atoms with Gasteiger partial charge in [-0.25, -0.2) is 4.98 Å². The number of rotatable bonds is 4. The van der Waals surface area contributed by atoms with Crippen LogP contribution in [0, 0.1) is 0 Å². The van der Waals surface area contributed by atoms with E-state index in [1.165, 1.54) is 0 Å². The molecule has 2 N–H and O–H groups in total. The van der Waals surface area contributed by atoms with Gasteiger partial charge in [0, 0.05) is 19.7 Å². The molecule has 0 saturated heterocycles. The maximum atomic E-state index is 5.67. The minimum absolute atomic E-state index is 0.0128. The van der Waals surface area contributed by atoms with Crippen LogP contribution in [0.15, 0.2) is 18.2 Å². The van der Waals surface area contributed by atoms with Crippen molar-refractivity contribution in [1.82, 2.24) is 9.55 Å². The fourth-order valence-corrected chi connectivity index (χ4v) is 2.22. The number of methoxy groups -OCH3 is 1. The van der Waals surface area contributed by atoms with Crippen molar-refractivity contribution in [2.75, 3.05) is 7.11 Å². The molecular weight excluding hydrogens is 226 g/mol. The van der Waals surface area contributed by atoms with Gasteiger partial charge in [-0.3, -0.25) is 0 Å². The van der Waals surface area contributed by atoms with E-state index in [0.29, 0.717) is 12.6 Å². The number of hydrogen-bond donors (Lipinski definition) is 1. The second-order valence-corrected chi connectivity index (χ2v) is 4.84. The average Bonchev–Trinajstić information content (AvgIpc) is 2.75. The highest BCUT2D eigenvalue weighted by molar-refractivity contribution is 5.77. The molecule has 98 valence electrons. The second kappa shape index (κ2) is 5.08. The Morgan fingerprint density at radius 1 is 1.33 bits per heavy atom. The van der Waals surface area contributed by atoms with Crippen LogP contribution < -0.4 is 5.73 Å². The molecule has 0 aliphatic rings. The molecule has 18 heavy (non-hydrogen) atoms. The molecule has 2 aromatic rings. The number of aromatic nitrogens is 2. The first-order valence-electron chi connectivity index (χ1n) is 6.32. The summed E-state index contributed by atoms with van der Waals surface area (Å²) in [6.45, 7) is 6.87. The normalized spacial score (nSPS) is 13.4. The Kier molecular flexibility index (Phi) is 3.68. The van der Waals surface area contributed by atoms with Gasteiger partial charge < -0.3 is 15.0 Å². The van der Waals surface area contributed by atoms with Crippen LogP contribution in [-0.2, 0) is 11.3 Å². The molecule has 1 unspecified atom stereocenters. The smallest absolute Gasteiger partial charge is 0.139 e. The largest absolute Gasteiger partial charge is 0.374 e. The van der Waals surface area contributed by atoms with Gasteiger partial charge in [0.15, 0.2) is 0 Å². The Labute approximate surface area is 108 Å². The van der Waals surface area contributed by atoms with E-state index < -0.39 is 0 Å². The SMILES string of the molecule is COC(C)c1nc2cc(CN)ccc2n1C(C)C. The molecule has 2 rings (SSSR count). The average molecular weight is 247 g/mol. The highest BCUT2D eigenvalue weighted by atomic mass is 16.5. The molecule has 0 amide bonds. The zero-order chi connectivity index (χ0) is 13.3. The van der Waals surface area contributed by atoms with E-state index >= 15 is 0 Å². The van der Waals surface area contributed by atoms with E-state index in [-0.39, 0.29) is 6.10 Å². The summed E-state index contributed by atoms with van der Waals surface area (Å²) in [5.74, 6) is 0.969. The molecular formula is C14H21N3O. The van der Waals surface area contributed by atoms with Crippen LogP contribution in [0.25, 0.3) is 11.0 Å². The summed E-state index contributed by atoms with van der Waals surface area (Å²) in [6.07, 6.45) is -0.0128. The lowest BCUT2D eigenvalue weighted by Gasteiger charge is -2.16. The van der Waals surface area contributed by atoms with Gasteiger partial charge in [-0.15, -0.1) is 0 Å². The molecule has 0 spiro atoms. The second-order valence-electron chi connectivity index (χ2n) is 4.84. The predicted octanol–water partition coefficient (Wildman–Crippen LogP) is 2.78. The first-order valence-corrected chi connectivity index (χ1v) is 6.32. The first kappa shape index (κ1) is 13.1. The van der Waals surface area contributed by atoms with Crippen LogP contribution in [0.4, 0.5) is 0 Å². The Morgan fingerprint density at radius 2 is 2.06 bits per heavy atom. The van der Waals surface area contributed by atoms with Crippen LogP contribution in [0.2, 0.25) is 0 Å². The highest BCUT2D eigenvalue weighted by Crippen LogP contribution is 2.26. The molecule has 0 aliphatic carbocycles. The highest BCUT2D eigenvalue weighted by Gasteiger charge is 2.18. The van der Waals surface area contributed by atoms with Crippen molar-refractivity contribution in [1.29, 1.82) is 0 Å². The Hall–Kier alpha value is -1.39. The van der Waals surface area contributed by atoms with Crippen molar-refractivity contribution in [2.45, 2.75) is 39.5 Å². The zero-order valence-electron chi connectivity index (χ0n) is 11.5. The van der Waals surface area contributed by atoms with Gasteiger partial charge in [-0.05, 0) is 38.5 Å². The van der Waals surface area contributed by atoms with E-state index in [4.69, 9.17) is 15.5 Å². The van der Waals surface area contributed by atoms with Crippen LogP contribution in [-0.4, -0.2) is 16.7 Å². The molecule has 4 nitrogen and oxygen atoms in total. The molecule has 1 atom stereocenters. The molecule has 0 aliphatic heterocycles. The van der Waals surface area contributed by atoms with E-state index in [2.05, 4.69) is 36.6 Å². The predicted molar refractivity (Wildman–Crippen MR) is 73.4 cm³/mol. The summed E-state index contributed by atoms with van der Waals surface area (Å²) in [7, 11) is 1.71. The molecule has 1 aromatic heterocycles. The molecule has 0 fully saturated rings. The molecule has 4 heteroatoms. The van der Waals surface area contributed by atoms with Crippen LogP contribution in [0.3, 0.4) is 0 Å². The number of hydrogen-bond acceptors (Lipinski definition) is 3. The quantitative estimate of drug-likeness (QED) is 0.903. The van der Waals surface area contributed by atoms with Gasteiger partial charge in [-0.1, -0.05) is 6.07 Å². The lowest BCUT2D eigenvalue weighted by atomic mass is 10.2. The summed E-state index contributed by atoms with van der Waals surface area (Å²) in [4.78, 5) is 4.70. The molecule has 1 heterocycles. The maximum absolute atomic E-state index is 5.67. The summed E-state index contributed by atoms with van der Waals surface area (Å²) in [5, 5.41) is 0. The van der Waals surface area contributed by atoms with Gasteiger partial charge in [0.25, 0.3) is 0 Å². The van der Waals surface area contributed by atoms with Gasteiger partial charge in [-0.2, -0.15) is 0 Å². The summed E-state index contributed by atoms with van der Waals surface area (Å²) in [5.41, 5.74) is 8.91. The number of nitrogens with zero attached hydrogens (tertiary/aromatic N) is 2. The van der Waals surface area contributed by atoms with Crippen LogP contribution >= 0.6 is 0 Å². The van der Waals surface area contributed by atoms with Crippen molar-refractivity contribution >= 4 is 11.0 Å². The Bertz CT molecular complexity index is 545. The third-order valence-corrected chi connectivity index (χ3v) is 3.25. The summed E-state index contributed by atoms with van der Waals surface area (Å²) in [6, 6.07) is 6.56. The first-order chi connectivity index (χ1) is 8.58. The molecule has 0 saturated carbocycles. The van der Waals surface area contributed by atoms with Crippen molar-refractivity contribution in [3.8, 4) is 0 Å². The third kappa shape index (κ3) is 2.13. The fourth-order valence-electron chi connectivity index (χ4n) is 2.22.